The van der Waals surface area contributed by atoms with E-state index >= 15 is 0 Å². The van der Waals surface area contributed by atoms with Gasteiger partial charge in [0.2, 0.25) is 0 Å². The Morgan fingerprint density at radius 3 is 2.75 bits per heavy atom. The molecule has 1 atom stereocenters. The first kappa shape index (κ1) is 14.0. The van der Waals surface area contributed by atoms with Gasteiger partial charge in [-0.1, -0.05) is 12.1 Å². The highest BCUT2D eigenvalue weighted by atomic mass is 19.1. The van der Waals surface area contributed by atoms with Crippen LogP contribution in [-0.2, 0) is 14.9 Å². The molecule has 0 aliphatic carbocycles. The molecule has 1 aromatic carbocycles. The van der Waals surface area contributed by atoms with Crippen molar-refractivity contribution in [1.82, 2.24) is 5.32 Å². The van der Waals surface area contributed by atoms with Crippen molar-refractivity contribution in [2.45, 2.75) is 30.7 Å². The van der Waals surface area contributed by atoms with Crippen LogP contribution in [-0.4, -0.2) is 39.0 Å². The number of rotatable bonds is 4. The minimum Gasteiger partial charge on any atom is -0.381 e. The van der Waals surface area contributed by atoms with Gasteiger partial charge in [0.1, 0.15) is 5.82 Å². The predicted octanol–water partition coefficient (Wildman–Crippen LogP) is 2.25. The molecule has 2 fully saturated rings. The van der Waals surface area contributed by atoms with Crippen LogP contribution in [0.2, 0.25) is 0 Å². The Hall–Kier alpha value is -0.970. The Bertz CT molecular complexity index is 440. The molecular formula is C16H22FNO2. The number of nitrogens with one attached hydrogen (secondary N) is 1. The van der Waals surface area contributed by atoms with Gasteiger partial charge in [-0.2, -0.15) is 0 Å². The van der Waals surface area contributed by atoms with Gasteiger partial charge in [-0.15, -0.1) is 0 Å². The average Bonchev–Trinajstić information content (AvgIpc) is 3.00. The number of hydrogen-bond acceptors (Lipinski definition) is 3. The fourth-order valence-electron chi connectivity index (χ4n) is 3.18. The Labute approximate surface area is 119 Å². The van der Waals surface area contributed by atoms with Gasteiger partial charge in [-0.25, -0.2) is 4.39 Å². The maximum absolute atomic E-state index is 13.6. The third kappa shape index (κ3) is 3.03. The zero-order valence-electron chi connectivity index (χ0n) is 11.7. The predicted molar refractivity (Wildman–Crippen MR) is 75.4 cm³/mol. The topological polar surface area (TPSA) is 30.5 Å². The lowest BCUT2D eigenvalue weighted by Crippen LogP contribution is -2.46. The molecule has 0 saturated carbocycles. The summed E-state index contributed by atoms with van der Waals surface area (Å²) < 4.78 is 24.5. The van der Waals surface area contributed by atoms with E-state index in [1.165, 1.54) is 6.07 Å². The lowest BCUT2D eigenvalue weighted by molar-refractivity contribution is 0.0485. The largest absolute Gasteiger partial charge is 0.381 e. The highest BCUT2D eigenvalue weighted by Crippen LogP contribution is 2.34. The van der Waals surface area contributed by atoms with Gasteiger partial charge in [-0.05, 0) is 37.0 Å². The van der Waals surface area contributed by atoms with Gasteiger partial charge in [0.05, 0.1) is 6.61 Å². The summed E-state index contributed by atoms with van der Waals surface area (Å²) in [6.07, 6.45) is 2.95. The summed E-state index contributed by atoms with van der Waals surface area (Å²) >= 11 is 0. The lowest BCUT2D eigenvalue weighted by Gasteiger charge is -2.38. The highest BCUT2D eigenvalue weighted by molar-refractivity contribution is 5.27. The first-order chi connectivity index (χ1) is 9.78. The van der Waals surface area contributed by atoms with E-state index in [4.69, 9.17) is 9.47 Å². The van der Waals surface area contributed by atoms with Crippen molar-refractivity contribution < 1.29 is 13.9 Å². The van der Waals surface area contributed by atoms with Gasteiger partial charge in [0.15, 0.2) is 0 Å². The maximum Gasteiger partial charge on any atom is 0.123 e. The number of ether oxygens (including phenoxy) is 2. The third-order valence-electron chi connectivity index (χ3n) is 4.55. The summed E-state index contributed by atoms with van der Waals surface area (Å²) in [5.74, 6) is -0.155. The van der Waals surface area contributed by atoms with Gasteiger partial charge in [0.25, 0.3) is 0 Å². The molecule has 0 spiro atoms. The summed E-state index contributed by atoms with van der Waals surface area (Å²) in [5, 5.41) is 3.61. The van der Waals surface area contributed by atoms with Gasteiger partial charge in [-0.3, -0.25) is 0 Å². The molecule has 1 N–H and O–H groups in total. The smallest absolute Gasteiger partial charge is 0.123 e. The second-order valence-electron chi connectivity index (χ2n) is 5.84. The number of halogens is 1. The van der Waals surface area contributed by atoms with Crippen LogP contribution in [0.1, 0.15) is 24.8 Å². The maximum atomic E-state index is 13.6. The van der Waals surface area contributed by atoms with Crippen LogP contribution in [0.5, 0.6) is 0 Å². The molecule has 0 bridgehead atoms. The van der Waals surface area contributed by atoms with Crippen LogP contribution in [0.15, 0.2) is 24.3 Å². The van der Waals surface area contributed by atoms with E-state index in [9.17, 15) is 4.39 Å². The Balaban J connectivity index is 1.76. The van der Waals surface area contributed by atoms with Crippen LogP contribution in [0.3, 0.4) is 0 Å². The van der Waals surface area contributed by atoms with Crippen molar-refractivity contribution in [3.63, 3.8) is 0 Å². The molecule has 0 radical (unpaired) electrons. The highest BCUT2D eigenvalue weighted by Gasteiger charge is 2.35. The molecule has 0 amide bonds. The second-order valence-corrected chi connectivity index (χ2v) is 5.84. The number of hydrogen-bond donors (Lipinski definition) is 1. The quantitative estimate of drug-likeness (QED) is 0.917. The van der Waals surface area contributed by atoms with Crippen molar-refractivity contribution in [3.05, 3.63) is 35.6 Å². The van der Waals surface area contributed by atoms with Crippen molar-refractivity contribution in [3.8, 4) is 0 Å². The van der Waals surface area contributed by atoms with Gasteiger partial charge < -0.3 is 14.8 Å². The van der Waals surface area contributed by atoms with Crippen LogP contribution in [0, 0.1) is 5.82 Å². The van der Waals surface area contributed by atoms with Crippen LogP contribution < -0.4 is 5.32 Å². The molecule has 110 valence electrons. The van der Waals surface area contributed by atoms with E-state index in [2.05, 4.69) is 5.32 Å². The van der Waals surface area contributed by atoms with E-state index in [1.807, 2.05) is 6.07 Å². The van der Waals surface area contributed by atoms with Gasteiger partial charge >= 0.3 is 0 Å². The Kier molecular flexibility index (Phi) is 4.34. The fourth-order valence-corrected chi connectivity index (χ4v) is 3.18. The van der Waals surface area contributed by atoms with Gasteiger partial charge in [0, 0.05) is 37.8 Å². The van der Waals surface area contributed by atoms with E-state index < -0.39 is 0 Å². The molecule has 20 heavy (non-hydrogen) atoms. The van der Waals surface area contributed by atoms with Crippen LogP contribution in [0.4, 0.5) is 4.39 Å². The average molecular weight is 279 g/mol. The van der Waals surface area contributed by atoms with E-state index in [-0.39, 0.29) is 11.2 Å². The molecule has 2 aliphatic heterocycles. The molecular weight excluding hydrogens is 257 g/mol. The SMILES string of the molecule is Fc1cccc(C2(CNC3CCOC3)CCOCC2)c1. The molecule has 2 aliphatic rings. The molecule has 2 saturated heterocycles. The molecule has 4 heteroatoms. The minimum absolute atomic E-state index is 0.0110. The Morgan fingerprint density at radius 1 is 1.20 bits per heavy atom. The standard InChI is InChI=1S/C16H22FNO2/c17-14-3-1-2-13(10-14)16(5-8-19-9-6-16)12-18-15-4-7-20-11-15/h1-3,10,15,18H,4-9,11-12H2. The first-order valence-electron chi connectivity index (χ1n) is 7.43. The molecule has 3 nitrogen and oxygen atoms in total. The summed E-state index contributed by atoms with van der Waals surface area (Å²) in [6, 6.07) is 7.47. The minimum atomic E-state index is -0.155. The molecule has 1 aromatic rings. The zero-order valence-corrected chi connectivity index (χ0v) is 11.7. The molecule has 2 heterocycles. The second kappa shape index (κ2) is 6.20. The van der Waals surface area contributed by atoms with E-state index in [1.54, 1.807) is 12.1 Å². The third-order valence-corrected chi connectivity index (χ3v) is 4.55. The van der Waals surface area contributed by atoms with Crippen molar-refractivity contribution in [2.24, 2.45) is 0 Å². The summed E-state index contributed by atoms with van der Waals surface area (Å²) in [6.45, 7) is 4.00. The fraction of sp³-hybridized carbons (Fsp3) is 0.625. The molecule has 3 rings (SSSR count). The normalized spacial score (nSPS) is 25.8. The summed E-state index contributed by atoms with van der Waals surface area (Å²) in [7, 11) is 0. The monoisotopic (exact) mass is 279 g/mol. The van der Waals surface area contributed by atoms with Crippen molar-refractivity contribution >= 4 is 0 Å². The first-order valence-corrected chi connectivity index (χ1v) is 7.43. The zero-order chi connectivity index (χ0) is 13.8. The summed E-state index contributed by atoms with van der Waals surface area (Å²) in [5.41, 5.74) is 1.08. The van der Waals surface area contributed by atoms with Crippen LogP contribution in [0.25, 0.3) is 0 Å². The van der Waals surface area contributed by atoms with Crippen molar-refractivity contribution in [2.75, 3.05) is 33.0 Å². The van der Waals surface area contributed by atoms with Crippen molar-refractivity contribution in [1.29, 1.82) is 0 Å². The van der Waals surface area contributed by atoms with E-state index in [0.717, 1.165) is 57.8 Å². The summed E-state index contributed by atoms with van der Waals surface area (Å²) in [4.78, 5) is 0. The lowest BCUT2D eigenvalue weighted by atomic mass is 9.74. The molecule has 1 unspecified atom stereocenters. The number of benzene rings is 1. The Morgan fingerprint density at radius 2 is 2.05 bits per heavy atom. The van der Waals surface area contributed by atoms with E-state index in [0.29, 0.717) is 6.04 Å². The molecule has 0 aromatic heterocycles. The van der Waals surface area contributed by atoms with Crippen LogP contribution >= 0.6 is 0 Å².